The van der Waals surface area contributed by atoms with Gasteiger partial charge in [-0.15, -0.1) is 0 Å². The van der Waals surface area contributed by atoms with Crippen molar-refractivity contribution in [1.29, 1.82) is 0 Å². The first kappa shape index (κ1) is 20.7. The average Bonchev–Trinajstić information content (AvgIpc) is 2.98. The molecule has 0 radical (unpaired) electrons. The van der Waals surface area contributed by atoms with Crippen molar-refractivity contribution in [3.05, 3.63) is 23.3 Å². The fourth-order valence-corrected chi connectivity index (χ4v) is 7.51. The molecule has 2 fully saturated rings. The molecule has 0 N–H and O–H groups in total. The monoisotopic (exact) mass is 400 g/mol. The lowest BCUT2D eigenvalue weighted by Gasteiger charge is -2.58. The molecule has 0 amide bonds. The summed E-state index contributed by atoms with van der Waals surface area (Å²) in [5, 5.41) is 0. The van der Waals surface area contributed by atoms with Crippen LogP contribution >= 0.6 is 0 Å². The van der Waals surface area contributed by atoms with Gasteiger partial charge < -0.3 is 9.47 Å². The van der Waals surface area contributed by atoms with Crippen molar-refractivity contribution in [2.75, 3.05) is 0 Å². The minimum absolute atomic E-state index is 0.0570. The van der Waals surface area contributed by atoms with Crippen molar-refractivity contribution >= 4 is 11.9 Å². The Balaban J connectivity index is 1.55. The minimum atomic E-state index is -0.193. The summed E-state index contributed by atoms with van der Waals surface area (Å²) in [6.45, 7) is 9.92. The standard InChI is InChI=1S/C25H36O4/c1-15(28-16(2)26)21-8-9-22-20-7-6-18-14-19(29-17(3)27)10-12-24(18,4)23(20)11-13-25(21,22)5/h6,8,15,19-20,22-23H,7,9-14H2,1-5H3/t15-,19-,20-,22-,23-,24-,25+/m0/s1. The number of hydrogen-bond acceptors (Lipinski definition) is 4. The van der Waals surface area contributed by atoms with E-state index in [4.69, 9.17) is 9.47 Å². The molecule has 4 nitrogen and oxygen atoms in total. The Morgan fingerprint density at radius 1 is 1.00 bits per heavy atom. The van der Waals surface area contributed by atoms with Crippen LogP contribution in [-0.2, 0) is 19.1 Å². The van der Waals surface area contributed by atoms with Gasteiger partial charge in [0.25, 0.3) is 0 Å². The number of carbonyl (C=O) groups excluding carboxylic acids is 2. The summed E-state index contributed by atoms with van der Waals surface area (Å²) in [7, 11) is 0. The first-order valence-electron chi connectivity index (χ1n) is 11.4. The third-order valence-corrected chi connectivity index (χ3v) is 8.81. The predicted octanol–water partition coefficient (Wildman–Crippen LogP) is 5.37. The van der Waals surface area contributed by atoms with E-state index in [1.807, 2.05) is 6.92 Å². The van der Waals surface area contributed by atoms with Gasteiger partial charge in [0.2, 0.25) is 0 Å². The topological polar surface area (TPSA) is 52.6 Å². The highest BCUT2D eigenvalue weighted by Crippen LogP contribution is 2.65. The molecule has 0 aliphatic heterocycles. The lowest BCUT2D eigenvalue weighted by molar-refractivity contribution is -0.149. The van der Waals surface area contributed by atoms with E-state index in [2.05, 4.69) is 26.0 Å². The van der Waals surface area contributed by atoms with E-state index < -0.39 is 0 Å². The van der Waals surface area contributed by atoms with Crippen molar-refractivity contribution < 1.29 is 19.1 Å². The van der Waals surface area contributed by atoms with Gasteiger partial charge in [0.05, 0.1) is 0 Å². The summed E-state index contributed by atoms with van der Waals surface area (Å²) < 4.78 is 11.1. The van der Waals surface area contributed by atoms with E-state index in [1.165, 1.54) is 37.8 Å². The molecule has 7 atom stereocenters. The molecule has 0 heterocycles. The van der Waals surface area contributed by atoms with Gasteiger partial charge in [0.15, 0.2) is 0 Å². The first-order valence-corrected chi connectivity index (χ1v) is 11.4. The second-order valence-corrected chi connectivity index (χ2v) is 10.3. The normalized spacial score (nSPS) is 41.8. The van der Waals surface area contributed by atoms with E-state index in [0.29, 0.717) is 17.8 Å². The maximum absolute atomic E-state index is 11.5. The van der Waals surface area contributed by atoms with Crippen LogP contribution in [0.25, 0.3) is 0 Å². The maximum Gasteiger partial charge on any atom is 0.303 e. The summed E-state index contributed by atoms with van der Waals surface area (Å²) >= 11 is 0. The molecule has 2 saturated carbocycles. The van der Waals surface area contributed by atoms with Gasteiger partial charge in [0.1, 0.15) is 12.2 Å². The number of carbonyl (C=O) groups is 2. The second kappa shape index (κ2) is 7.28. The molecule has 0 aromatic carbocycles. The van der Waals surface area contributed by atoms with Gasteiger partial charge in [-0.1, -0.05) is 31.6 Å². The van der Waals surface area contributed by atoms with Crippen LogP contribution in [0, 0.1) is 28.6 Å². The zero-order chi connectivity index (χ0) is 21.0. The lowest BCUT2D eigenvalue weighted by atomic mass is 9.47. The summed E-state index contributed by atoms with van der Waals surface area (Å²) in [4.78, 5) is 22.9. The largest absolute Gasteiger partial charge is 0.462 e. The van der Waals surface area contributed by atoms with E-state index in [9.17, 15) is 9.59 Å². The number of allylic oxidation sites excluding steroid dienone is 2. The van der Waals surface area contributed by atoms with E-state index in [0.717, 1.165) is 32.1 Å². The van der Waals surface area contributed by atoms with Crippen LogP contribution in [0.3, 0.4) is 0 Å². The number of ether oxygens (including phenoxy) is 2. The molecule has 4 aliphatic rings. The van der Waals surface area contributed by atoms with Gasteiger partial charge in [0, 0.05) is 20.3 Å². The molecule has 0 unspecified atom stereocenters. The molecule has 29 heavy (non-hydrogen) atoms. The van der Waals surface area contributed by atoms with Gasteiger partial charge in [-0.05, 0) is 79.6 Å². The Bertz CT molecular complexity index is 765. The predicted molar refractivity (Wildman–Crippen MR) is 112 cm³/mol. The van der Waals surface area contributed by atoms with Gasteiger partial charge in [-0.2, -0.15) is 0 Å². The smallest absolute Gasteiger partial charge is 0.303 e. The Labute approximate surface area is 175 Å². The van der Waals surface area contributed by atoms with Gasteiger partial charge in [-0.3, -0.25) is 9.59 Å². The number of rotatable bonds is 3. The zero-order valence-electron chi connectivity index (χ0n) is 18.6. The molecular weight excluding hydrogens is 364 g/mol. The SMILES string of the molecule is CC(=O)O[C@H]1CC[C@@]2(C)C(=CC[C@@H]3[C@@H]2CC[C@]2(C)C([C@H](C)OC(C)=O)=CC[C@@H]32)C1. The summed E-state index contributed by atoms with van der Waals surface area (Å²) in [5.41, 5.74) is 3.26. The quantitative estimate of drug-likeness (QED) is 0.472. The van der Waals surface area contributed by atoms with Crippen molar-refractivity contribution in [3.63, 3.8) is 0 Å². The van der Waals surface area contributed by atoms with Crippen LogP contribution in [-0.4, -0.2) is 24.1 Å². The average molecular weight is 401 g/mol. The summed E-state index contributed by atoms with van der Waals surface area (Å²) in [6.07, 6.45) is 12.4. The highest BCUT2D eigenvalue weighted by atomic mass is 16.5. The van der Waals surface area contributed by atoms with Crippen molar-refractivity contribution in [3.8, 4) is 0 Å². The zero-order valence-corrected chi connectivity index (χ0v) is 18.6. The van der Waals surface area contributed by atoms with Crippen LogP contribution in [0.2, 0.25) is 0 Å². The lowest BCUT2D eigenvalue weighted by Crippen LogP contribution is -2.50. The van der Waals surface area contributed by atoms with Crippen molar-refractivity contribution in [1.82, 2.24) is 0 Å². The molecule has 4 aliphatic carbocycles. The maximum atomic E-state index is 11.5. The Hall–Kier alpha value is -1.58. The molecule has 160 valence electrons. The van der Waals surface area contributed by atoms with E-state index in [1.54, 1.807) is 0 Å². The Morgan fingerprint density at radius 2 is 1.72 bits per heavy atom. The summed E-state index contributed by atoms with van der Waals surface area (Å²) in [5.74, 6) is 1.67. The molecule has 4 heteroatoms. The summed E-state index contributed by atoms with van der Waals surface area (Å²) in [6, 6.07) is 0. The molecule has 0 aromatic heterocycles. The van der Waals surface area contributed by atoms with Crippen LogP contribution in [0.4, 0.5) is 0 Å². The fraction of sp³-hybridized carbons (Fsp3) is 0.760. The third-order valence-electron chi connectivity index (χ3n) is 8.81. The highest BCUT2D eigenvalue weighted by molar-refractivity contribution is 5.66. The first-order chi connectivity index (χ1) is 13.6. The second-order valence-electron chi connectivity index (χ2n) is 10.3. The van der Waals surface area contributed by atoms with Crippen LogP contribution in [0.1, 0.15) is 79.6 Å². The number of hydrogen-bond donors (Lipinski definition) is 0. The molecule has 4 rings (SSSR count). The molecule has 0 bridgehead atoms. The Kier molecular flexibility index (Phi) is 5.19. The van der Waals surface area contributed by atoms with Crippen LogP contribution < -0.4 is 0 Å². The number of fused-ring (bicyclic) bond motifs is 5. The van der Waals surface area contributed by atoms with Crippen molar-refractivity contribution in [2.45, 2.75) is 91.8 Å². The van der Waals surface area contributed by atoms with Crippen molar-refractivity contribution in [2.24, 2.45) is 28.6 Å². The third kappa shape index (κ3) is 3.37. The Morgan fingerprint density at radius 3 is 2.41 bits per heavy atom. The number of esters is 2. The van der Waals surface area contributed by atoms with Crippen LogP contribution in [0.5, 0.6) is 0 Å². The van der Waals surface area contributed by atoms with Gasteiger partial charge >= 0.3 is 11.9 Å². The van der Waals surface area contributed by atoms with Crippen LogP contribution in [0.15, 0.2) is 23.3 Å². The molecular formula is C25H36O4. The van der Waals surface area contributed by atoms with E-state index >= 15 is 0 Å². The molecule has 0 saturated heterocycles. The van der Waals surface area contributed by atoms with Gasteiger partial charge in [-0.25, -0.2) is 0 Å². The van der Waals surface area contributed by atoms with E-state index in [-0.39, 0.29) is 35.0 Å². The highest BCUT2D eigenvalue weighted by Gasteiger charge is 2.57. The molecule has 0 spiro atoms. The minimum Gasteiger partial charge on any atom is -0.462 e. The molecule has 0 aromatic rings. The fourth-order valence-electron chi connectivity index (χ4n) is 7.51.